The van der Waals surface area contributed by atoms with Crippen LogP contribution in [0.25, 0.3) is 0 Å². The summed E-state index contributed by atoms with van der Waals surface area (Å²) in [5.74, 6) is -0.352. The summed E-state index contributed by atoms with van der Waals surface area (Å²) >= 11 is 0. The molecule has 1 heterocycles. The zero-order valence-electron chi connectivity index (χ0n) is 8.18. The van der Waals surface area contributed by atoms with E-state index in [0.29, 0.717) is 6.61 Å². The molecule has 0 spiro atoms. The molecule has 2 atom stereocenters. The van der Waals surface area contributed by atoms with Gasteiger partial charge in [-0.2, -0.15) is 8.42 Å². The van der Waals surface area contributed by atoms with Crippen molar-refractivity contribution in [1.82, 2.24) is 0 Å². The second-order valence-corrected chi connectivity index (χ2v) is 5.08. The molecule has 1 aliphatic rings. The maximum Gasteiger partial charge on any atom is 0.267 e. The van der Waals surface area contributed by atoms with E-state index < -0.39 is 10.1 Å². The second-order valence-electron chi connectivity index (χ2n) is 3.51. The zero-order valence-corrected chi connectivity index (χ0v) is 9.00. The molecule has 1 rings (SSSR count). The minimum Gasteiger partial charge on any atom is -0.378 e. The van der Waals surface area contributed by atoms with Gasteiger partial charge in [-0.15, -0.1) is 0 Å². The fourth-order valence-electron chi connectivity index (χ4n) is 1.39. The van der Waals surface area contributed by atoms with E-state index in [1.54, 1.807) is 0 Å². The topological polar surface area (TPSA) is 72.8 Å². The summed E-state index contributed by atoms with van der Waals surface area (Å²) in [7, 11) is -3.90. The van der Waals surface area contributed by atoms with Crippen LogP contribution in [0.15, 0.2) is 0 Å². The lowest BCUT2D eigenvalue weighted by molar-refractivity contribution is -0.00574. The molecule has 0 aliphatic carbocycles. The highest BCUT2D eigenvalue weighted by atomic mass is 32.2. The lowest BCUT2D eigenvalue weighted by Crippen LogP contribution is -2.19. The summed E-state index contributed by atoms with van der Waals surface area (Å²) in [6.45, 7) is 2.42. The van der Waals surface area contributed by atoms with Gasteiger partial charge in [0.1, 0.15) is 0 Å². The average molecular weight is 224 g/mol. The fraction of sp³-hybridized carbons (Fsp3) is 1.00. The molecule has 84 valence electrons. The maximum absolute atomic E-state index is 10.3. The summed E-state index contributed by atoms with van der Waals surface area (Å²) < 4.78 is 39.6. The molecule has 0 aromatic carbocycles. The van der Waals surface area contributed by atoms with Crippen LogP contribution >= 0.6 is 0 Å². The standard InChI is InChI=1S/C8H16O5S/c1-7-2-3-8(13-7)6-12-4-5-14(9,10)11/h7-8H,2-6H2,1H3,(H,9,10,11)/t7-,8?/m0/s1. The zero-order chi connectivity index (χ0) is 10.6. The monoisotopic (exact) mass is 224 g/mol. The third-order valence-electron chi connectivity index (χ3n) is 2.11. The smallest absolute Gasteiger partial charge is 0.267 e. The Labute approximate surface area is 84.1 Å². The van der Waals surface area contributed by atoms with Crippen molar-refractivity contribution in [2.24, 2.45) is 0 Å². The molecule has 1 aliphatic heterocycles. The lowest BCUT2D eigenvalue weighted by atomic mass is 10.2. The lowest BCUT2D eigenvalue weighted by Gasteiger charge is -2.10. The third-order valence-corrected chi connectivity index (χ3v) is 2.79. The van der Waals surface area contributed by atoms with Crippen molar-refractivity contribution in [3.63, 3.8) is 0 Å². The highest BCUT2D eigenvalue weighted by Crippen LogP contribution is 2.18. The third kappa shape index (κ3) is 4.90. The second kappa shape index (κ2) is 5.06. The van der Waals surface area contributed by atoms with Crippen molar-refractivity contribution in [3.8, 4) is 0 Å². The molecule has 1 saturated heterocycles. The Kier molecular flexibility index (Phi) is 4.31. The summed E-state index contributed by atoms with van der Waals surface area (Å²) in [6.07, 6.45) is 2.32. The SMILES string of the molecule is C[C@H]1CCC(COCCS(=O)(=O)O)O1. The van der Waals surface area contributed by atoms with Crippen LogP contribution in [0.4, 0.5) is 0 Å². The summed E-state index contributed by atoms with van der Waals surface area (Å²) in [5.41, 5.74) is 0. The molecular formula is C8H16O5S. The minimum absolute atomic E-state index is 0.0209. The van der Waals surface area contributed by atoms with Crippen LogP contribution in [-0.2, 0) is 19.6 Å². The normalized spacial score (nSPS) is 28.1. The highest BCUT2D eigenvalue weighted by Gasteiger charge is 2.21. The van der Waals surface area contributed by atoms with E-state index in [2.05, 4.69) is 0 Å². The number of hydrogen-bond donors (Lipinski definition) is 1. The van der Waals surface area contributed by atoms with Gasteiger partial charge in [-0.25, -0.2) is 0 Å². The average Bonchev–Trinajstić information content (AvgIpc) is 2.44. The molecule has 0 radical (unpaired) electrons. The van der Waals surface area contributed by atoms with Gasteiger partial charge in [0.05, 0.1) is 31.2 Å². The molecule has 0 saturated carbocycles. The van der Waals surface area contributed by atoms with Gasteiger partial charge < -0.3 is 9.47 Å². The van der Waals surface area contributed by atoms with Gasteiger partial charge in [-0.05, 0) is 19.8 Å². The van der Waals surface area contributed by atoms with Crippen LogP contribution in [0.2, 0.25) is 0 Å². The first-order valence-electron chi connectivity index (χ1n) is 4.66. The first-order valence-corrected chi connectivity index (χ1v) is 6.26. The fourth-order valence-corrected chi connectivity index (χ4v) is 1.72. The molecule has 1 unspecified atom stereocenters. The van der Waals surface area contributed by atoms with Crippen molar-refractivity contribution in [2.45, 2.75) is 32.0 Å². The van der Waals surface area contributed by atoms with Gasteiger partial charge in [0.25, 0.3) is 10.1 Å². The molecule has 1 N–H and O–H groups in total. The predicted molar refractivity (Wildman–Crippen MR) is 50.8 cm³/mol. The van der Waals surface area contributed by atoms with Crippen molar-refractivity contribution < 1.29 is 22.4 Å². The Morgan fingerprint density at radius 2 is 2.21 bits per heavy atom. The van der Waals surface area contributed by atoms with E-state index >= 15 is 0 Å². The molecular weight excluding hydrogens is 208 g/mol. The van der Waals surface area contributed by atoms with E-state index in [4.69, 9.17) is 14.0 Å². The van der Waals surface area contributed by atoms with Crippen molar-refractivity contribution >= 4 is 10.1 Å². The quantitative estimate of drug-likeness (QED) is 0.542. The van der Waals surface area contributed by atoms with Gasteiger partial charge in [0.2, 0.25) is 0 Å². The van der Waals surface area contributed by atoms with Crippen LogP contribution < -0.4 is 0 Å². The Morgan fingerprint density at radius 1 is 1.50 bits per heavy atom. The van der Waals surface area contributed by atoms with E-state index in [1.807, 2.05) is 6.92 Å². The number of hydrogen-bond acceptors (Lipinski definition) is 4. The molecule has 0 aromatic heterocycles. The van der Waals surface area contributed by atoms with Gasteiger partial charge in [0.15, 0.2) is 0 Å². The van der Waals surface area contributed by atoms with E-state index in [9.17, 15) is 8.42 Å². The molecule has 6 heteroatoms. The Morgan fingerprint density at radius 3 is 2.71 bits per heavy atom. The molecule has 5 nitrogen and oxygen atoms in total. The van der Waals surface area contributed by atoms with Gasteiger partial charge in [-0.3, -0.25) is 4.55 Å². The first kappa shape index (κ1) is 11.9. The Hall–Kier alpha value is -0.170. The van der Waals surface area contributed by atoms with Gasteiger partial charge >= 0.3 is 0 Å². The molecule has 0 aromatic rings. The van der Waals surface area contributed by atoms with Crippen LogP contribution in [0.5, 0.6) is 0 Å². The number of ether oxygens (including phenoxy) is 2. The first-order chi connectivity index (χ1) is 6.47. The molecule has 0 amide bonds. The van der Waals surface area contributed by atoms with Crippen LogP contribution in [0.3, 0.4) is 0 Å². The largest absolute Gasteiger partial charge is 0.378 e. The van der Waals surface area contributed by atoms with Crippen molar-refractivity contribution in [3.05, 3.63) is 0 Å². The Bertz CT molecular complexity index is 261. The minimum atomic E-state index is -3.90. The van der Waals surface area contributed by atoms with Gasteiger partial charge in [-0.1, -0.05) is 0 Å². The maximum atomic E-state index is 10.3. The van der Waals surface area contributed by atoms with Crippen molar-refractivity contribution in [1.29, 1.82) is 0 Å². The van der Waals surface area contributed by atoms with E-state index in [1.165, 1.54) is 0 Å². The van der Waals surface area contributed by atoms with Crippen LogP contribution in [-0.4, -0.2) is 44.1 Å². The summed E-state index contributed by atoms with van der Waals surface area (Å²) in [6, 6.07) is 0. The van der Waals surface area contributed by atoms with E-state index in [-0.39, 0.29) is 24.6 Å². The van der Waals surface area contributed by atoms with Crippen molar-refractivity contribution in [2.75, 3.05) is 19.0 Å². The summed E-state index contributed by atoms with van der Waals surface area (Å²) in [4.78, 5) is 0. The molecule has 14 heavy (non-hydrogen) atoms. The molecule has 0 bridgehead atoms. The Balaban J connectivity index is 2.05. The van der Waals surface area contributed by atoms with Crippen LogP contribution in [0, 0.1) is 0 Å². The van der Waals surface area contributed by atoms with Gasteiger partial charge in [0, 0.05) is 0 Å². The number of rotatable bonds is 5. The predicted octanol–water partition coefficient (Wildman–Crippen LogP) is 0.458. The molecule has 1 fully saturated rings. The van der Waals surface area contributed by atoms with E-state index in [0.717, 1.165) is 12.8 Å². The van der Waals surface area contributed by atoms with Crippen LogP contribution in [0.1, 0.15) is 19.8 Å². The highest BCUT2D eigenvalue weighted by molar-refractivity contribution is 7.85. The summed E-state index contributed by atoms with van der Waals surface area (Å²) in [5, 5.41) is 0.